The number of carboxylic acids is 1. The van der Waals surface area contributed by atoms with Crippen LogP contribution in [0.3, 0.4) is 0 Å². The molecular weight excluding hydrogens is 322 g/mol. The molecule has 1 saturated heterocycles. The van der Waals surface area contributed by atoms with Gasteiger partial charge in [-0.1, -0.05) is 32.9 Å². The molecule has 1 fully saturated rings. The monoisotopic (exact) mass is 349 g/mol. The fourth-order valence-corrected chi connectivity index (χ4v) is 2.82. The Morgan fingerprint density at radius 3 is 2.60 bits per heavy atom. The molecule has 0 aliphatic carbocycles. The van der Waals surface area contributed by atoms with Crippen molar-refractivity contribution in [3.8, 4) is 5.75 Å². The summed E-state index contributed by atoms with van der Waals surface area (Å²) in [5.41, 5.74) is 1.11. The Kier molecular flexibility index (Phi) is 5.72. The highest BCUT2D eigenvalue weighted by molar-refractivity contribution is 5.82. The van der Waals surface area contributed by atoms with Gasteiger partial charge in [-0.25, -0.2) is 4.79 Å². The highest BCUT2D eigenvalue weighted by atomic mass is 16.5. The van der Waals surface area contributed by atoms with E-state index in [1.807, 2.05) is 24.3 Å². The molecule has 0 bridgehead atoms. The predicted octanol–water partition coefficient (Wildman–Crippen LogP) is 2.45. The number of aliphatic carboxylic acids is 1. The molecule has 6 heteroatoms. The van der Waals surface area contributed by atoms with Crippen molar-refractivity contribution in [2.45, 2.75) is 58.3 Å². The van der Waals surface area contributed by atoms with Crippen molar-refractivity contribution in [2.75, 3.05) is 13.1 Å². The van der Waals surface area contributed by atoms with Crippen LogP contribution in [0, 0.1) is 0 Å². The summed E-state index contributed by atoms with van der Waals surface area (Å²) in [4.78, 5) is 25.3. The molecule has 1 heterocycles. The van der Waals surface area contributed by atoms with Crippen molar-refractivity contribution in [1.29, 1.82) is 0 Å². The van der Waals surface area contributed by atoms with Crippen LogP contribution < -0.4 is 4.74 Å². The minimum atomic E-state index is -1.06. The van der Waals surface area contributed by atoms with Gasteiger partial charge in [0.15, 0.2) is 12.2 Å². The fourth-order valence-electron chi connectivity index (χ4n) is 2.82. The first-order valence-electron chi connectivity index (χ1n) is 8.52. The standard InChI is InChI=1S/C19H27NO5/c1-12-10-20(11-16(24-12)18(22)23)17(21)13(2)25-15-8-6-7-14(9-15)19(3,4)5/h6-9,12-13,16H,10-11H2,1-5H3,(H,22,23)/t12-,13?,16?/m1/s1. The molecule has 2 rings (SSSR count). The lowest BCUT2D eigenvalue weighted by atomic mass is 9.87. The third-order valence-electron chi connectivity index (χ3n) is 4.21. The van der Waals surface area contributed by atoms with Crippen LogP contribution in [0.5, 0.6) is 5.75 Å². The van der Waals surface area contributed by atoms with Crippen LogP contribution in [0.4, 0.5) is 0 Å². The number of benzene rings is 1. The van der Waals surface area contributed by atoms with E-state index in [9.17, 15) is 9.59 Å². The largest absolute Gasteiger partial charge is 0.481 e. The SMILES string of the molecule is CC(Oc1cccc(C(C)(C)C)c1)C(=O)N1CC(C(=O)O)O[C@H](C)C1. The molecule has 25 heavy (non-hydrogen) atoms. The molecule has 0 saturated carbocycles. The predicted molar refractivity (Wildman–Crippen MR) is 93.8 cm³/mol. The number of carbonyl (C=O) groups is 2. The Bertz CT molecular complexity index is 637. The number of nitrogens with zero attached hydrogens (tertiary/aromatic N) is 1. The summed E-state index contributed by atoms with van der Waals surface area (Å²) in [5, 5.41) is 9.14. The number of amides is 1. The van der Waals surface area contributed by atoms with E-state index in [0.717, 1.165) is 5.56 Å². The Balaban J connectivity index is 2.06. The smallest absolute Gasteiger partial charge is 0.334 e. The van der Waals surface area contributed by atoms with Gasteiger partial charge in [-0.05, 0) is 37.0 Å². The van der Waals surface area contributed by atoms with Gasteiger partial charge in [-0.2, -0.15) is 0 Å². The highest BCUT2D eigenvalue weighted by Gasteiger charge is 2.34. The maximum absolute atomic E-state index is 12.7. The summed E-state index contributed by atoms with van der Waals surface area (Å²) < 4.78 is 11.2. The lowest BCUT2D eigenvalue weighted by Gasteiger charge is -2.36. The zero-order chi connectivity index (χ0) is 18.8. The topological polar surface area (TPSA) is 76.1 Å². The second kappa shape index (κ2) is 7.44. The van der Waals surface area contributed by atoms with Crippen LogP contribution in [0.2, 0.25) is 0 Å². The van der Waals surface area contributed by atoms with Crippen molar-refractivity contribution < 1.29 is 24.2 Å². The van der Waals surface area contributed by atoms with E-state index < -0.39 is 18.2 Å². The minimum absolute atomic E-state index is 0.0129. The third-order valence-corrected chi connectivity index (χ3v) is 4.21. The van der Waals surface area contributed by atoms with Crippen molar-refractivity contribution in [1.82, 2.24) is 4.90 Å². The van der Waals surface area contributed by atoms with Crippen LogP contribution in [0.1, 0.15) is 40.2 Å². The Labute approximate surface area is 148 Å². The van der Waals surface area contributed by atoms with Crippen LogP contribution in [0.25, 0.3) is 0 Å². The molecule has 138 valence electrons. The van der Waals surface area contributed by atoms with E-state index in [-0.39, 0.29) is 24.0 Å². The molecular formula is C19H27NO5. The fraction of sp³-hybridized carbons (Fsp3) is 0.579. The van der Waals surface area contributed by atoms with Gasteiger partial charge in [-0.3, -0.25) is 4.79 Å². The summed E-state index contributed by atoms with van der Waals surface area (Å²) in [6.45, 7) is 10.2. The molecule has 1 aliphatic heterocycles. The van der Waals surface area contributed by atoms with E-state index in [2.05, 4.69) is 20.8 Å². The zero-order valence-electron chi connectivity index (χ0n) is 15.5. The molecule has 6 nitrogen and oxygen atoms in total. The van der Waals surface area contributed by atoms with Crippen molar-refractivity contribution in [2.24, 2.45) is 0 Å². The molecule has 1 N–H and O–H groups in total. The van der Waals surface area contributed by atoms with Gasteiger partial charge in [-0.15, -0.1) is 0 Å². The van der Waals surface area contributed by atoms with Crippen LogP contribution in [0.15, 0.2) is 24.3 Å². The lowest BCUT2D eigenvalue weighted by Crippen LogP contribution is -2.54. The van der Waals surface area contributed by atoms with Crippen LogP contribution >= 0.6 is 0 Å². The Hall–Kier alpha value is -2.08. The average Bonchev–Trinajstić information content (AvgIpc) is 2.52. The van der Waals surface area contributed by atoms with Crippen molar-refractivity contribution in [3.63, 3.8) is 0 Å². The van der Waals surface area contributed by atoms with E-state index >= 15 is 0 Å². The number of hydrogen-bond donors (Lipinski definition) is 1. The number of ether oxygens (including phenoxy) is 2. The first-order valence-corrected chi connectivity index (χ1v) is 8.52. The quantitative estimate of drug-likeness (QED) is 0.904. The van der Waals surface area contributed by atoms with Gasteiger partial charge in [0, 0.05) is 6.54 Å². The van der Waals surface area contributed by atoms with Gasteiger partial charge >= 0.3 is 5.97 Å². The number of morpholine rings is 1. The molecule has 1 aromatic rings. The lowest BCUT2D eigenvalue weighted by molar-refractivity contribution is -0.168. The minimum Gasteiger partial charge on any atom is -0.481 e. The number of carboxylic acid groups (broad SMARTS) is 1. The van der Waals surface area contributed by atoms with Gasteiger partial charge < -0.3 is 19.5 Å². The van der Waals surface area contributed by atoms with Gasteiger partial charge in [0.1, 0.15) is 5.75 Å². The van der Waals surface area contributed by atoms with E-state index in [1.165, 1.54) is 4.90 Å². The van der Waals surface area contributed by atoms with Crippen LogP contribution in [-0.2, 0) is 19.7 Å². The molecule has 0 spiro atoms. The van der Waals surface area contributed by atoms with Gasteiger partial charge in [0.2, 0.25) is 0 Å². The van der Waals surface area contributed by atoms with E-state index in [4.69, 9.17) is 14.6 Å². The normalized spacial score (nSPS) is 22.4. The third kappa shape index (κ3) is 4.95. The maximum atomic E-state index is 12.7. The van der Waals surface area contributed by atoms with Gasteiger partial charge in [0.25, 0.3) is 5.91 Å². The molecule has 0 aromatic heterocycles. The summed E-state index contributed by atoms with van der Waals surface area (Å²) in [6.07, 6.45) is -2.02. The number of hydrogen-bond acceptors (Lipinski definition) is 4. The molecule has 1 aliphatic rings. The molecule has 1 amide bonds. The van der Waals surface area contributed by atoms with Crippen molar-refractivity contribution in [3.05, 3.63) is 29.8 Å². The second-order valence-corrected chi connectivity index (χ2v) is 7.55. The van der Waals surface area contributed by atoms with E-state index in [1.54, 1.807) is 13.8 Å². The highest BCUT2D eigenvalue weighted by Crippen LogP contribution is 2.26. The average molecular weight is 349 g/mol. The summed E-state index contributed by atoms with van der Waals surface area (Å²) in [6, 6.07) is 7.69. The zero-order valence-corrected chi connectivity index (χ0v) is 15.5. The Morgan fingerprint density at radius 1 is 1.32 bits per heavy atom. The second-order valence-electron chi connectivity index (χ2n) is 7.55. The Morgan fingerprint density at radius 2 is 2.00 bits per heavy atom. The van der Waals surface area contributed by atoms with Crippen molar-refractivity contribution >= 4 is 11.9 Å². The molecule has 0 radical (unpaired) electrons. The molecule has 1 aromatic carbocycles. The molecule has 3 atom stereocenters. The molecule has 2 unspecified atom stereocenters. The van der Waals surface area contributed by atoms with Gasteiger partial charge in [0.05, 0.1) is 12.6 Å². The summed E-state index contributed by atoms with van der Waals surface area (Å²) >= 11 is 0. The van der Waals surface area contributed by atoms with Crippen LogP contribution in [-0.4, -0.2) is 53.3 Å². The first-order chi connectivity index (χ1) is 11.6. The summed E-state index contributed by atoms with van der Waals surface area (Å²) in [5.74, 6) is -0.664. The van der Waals surface area contributed by atoms with E-state index in [0.29, 0.717) is 12.3 Å². The maximum Gasteiger partial charge on any atom is 0.334 e. The summed E-state index contributed by atoms with van der Waals surface area (Å²) in [7, 11) is 0. The number of rotatable bonds is 4. The first kappa shape index (κ1) is 19.2. The number of carbonyl (C=O) groups excluding carboxylic acids is 1.